The van der Waals surface area contributed by atoms with Crippen LogP contribution in [0, 0.1) is 0 Å². The van der Waals surface area contributed by atoms with Crippen molar-refractivity contribution >= 4 is 28.7 Å². The Morgan fingerprint density at radius 3 is 2.41 bits per heavy atom. The van der Waals surface area contributed by atoms with Gasteiger partial charge in [0, 0.05) is 36.8 Å². The third-order valence-electron chi connectivity index (χ3n) is 8.21. The van der Waals surface area contributed by atoms with Crippen LogP contribution in [0.4, 0.5) is 10.5 Å². The Morgan fingerprint density at radius 1 is 0.977 bits per heavy atom. The van der Waals surface area contributed by atoms with Crippen molar-refractivity contribution in [3.05, 3.63) is 89.7 Å². The number of carbonyl (C=O) groups excluding carboxylic acids is 2. The first kappa shape index (κ1) is 31.1. The highest BCUT2D eigenvalue weighted by atomic mass is 16.6. The maximum atomic E-state index is 13.3. The molecule has 2 amide bonds. The Hall–Kier alpha value is -4.33. The quantitative estimate of drug-likeness (QED) is 0.170. The van der Waals surface area contributed by atoms with E-state index in [-0.39, 0.29) is 18.7 Å². The lowest BCUT2D eigenvalue weighted by atomic mass is 9.96. The van der Waals surface area contributed by atoms with E-state index in [9.17, 15) is 9.59 Å². The lowest BCUT2D eigenvalue weighted by molar-refractivity contribution is -0.151. The molecular weight excluding hydrogens is 552 g/mol. The zero-order valence-electron chi connectivity index (χ0n) is 26.1. The monoisotopic (exact) mass is 596 g/mol. The Kier molecular flexibility index (Phi) is 10.5. The average molecular weight is 597 g/mol. The smallest absolute Gasteiger partial charge is 0.352 e. The first-order valence-corrected chi connectivity index (χ1v) is 16.0. The van der Waals surface area contributed by atoms with Crippen LogP contribution in [0.3, 0.4) is 0 Å². The molecule has 44 heavy (non-hydrogen) atoms. The number of amides is 2. The maximum absolute atomic E-state index is 13.3. The molecule has 1 aromatic heterocycles. The summed E-state index contributed by atoms with van der Waals surface area (Å²) >= 11 is 0. The summed E-state index contributed by atoms with van der Waals surface area (Å²) in [7, 11) is 0. The van der Waals surface area contributed by atoms with E-state index in [0.717, 1.165) is 59.4 Å². The lowest BCUT2D eigenvalue weighted by Crippen LogP contribution is -2.45. The van der Waals surface area contributed by atoms with Crippen molar-refractivity contribution < 1.29 is 19.1 Å². The number of anilines is 1. The fraction of sp³-hybridized carbons (Fsp3) is 0.417. The van der Waals surface area contributed by atoms with E-state index in [1.807, 2.05) is 78.6 Å². The Labute approximate surface area is 260 Å². The van der Waals surface area contributed by atoms with E-state index in [4.69, 9.17) is 14.5 Å². The SMILES string of the molecule is CCCc1nc2ccc(N(CC)C(=O)NC3CCCCC3)cc2n1Cc1ccc(OC(C(=O)OCC)c2ccccc2)cc1. The van der Waals surface area contributed by atoms with Crippen molar-refractivity contribution in [3.63, 3.8) is 0 Å². The van der Waals surface area contributed by atoms with Gasteiger partial charge in [0.2, 0.25) is 6.10 Å². The topological polar surface area (TPSA) is 85.7 Å². The van der Waals surface area contributed by atoms with Crippen LogP contribution >= 0.6 is 0 Å². The van der Waals surface area contributed by atoms with Crippen molar-refractivity contribution in [3.8, 4) is 5.75 Å². The molecule has 1 aliphatic rings. The van der Waals surface area contributed by atoms with Gasteiger partial charge in [-0.1, -0.05) is 68.7 Å². The number of hydrogen-bond donors (Lipinski definition) is 1. The highest BCUT2D eigenvalue weighted by molar-refractivity contribution is 5.94. The molecule has 8 nitrogen and oxygen atoms in total. The van der Waals surface area contributed by atoms with E-state index in [1.54, 1.807) is 6.92 Å². The van der Waals surface area contributed by atoms with Gasteiger partial charge in [0.05, 0.1) is 17.6 Å². The van der Waals surface area contributed by atoms with E-state index < -0.39 is 12.1 Å². The molecule has 0 radical (unpaired) electrons. The molecule has 0 bridgehead atoms. The van der Waals surface area contributed by atoms with Crippen LogP contribution in [-0.4, -0.2) is 40.7 Å². The van der Waals surface area contributed by atoms with E-state index >= 15 is 0 Å². The normalized spacial score (nSPS) is 14.2. The second kappa shape index (κ2) is 14.9. The minimum Gasteiger partial charge on any atom is -0.474 e. The lowest BCUT2D eigenvalue weighted by Gasteiger charge is -2.28. The van der Waals surface area contributed by atoms with Gasteiger partial charge in [-0.05, 0) is 69.0 Å². The fourth-order valence-electron chi connectivity index (χ4n) is 5.95. The molecule has 5 rings (SSSR count). The average Bonchev–Trinajstić information content (AvgIpc) is 3.38. The van der Waals surface area contributed by atoms with Gasteiger partial charge in [0.25, 0.3) is 0 Å². The van der Waals surface area contributed by atoms with Gasteiger partial charge in [-0.25, -0.2) is 14.6 Å². The first-order valence-electron chi connectivity index (χ1n) is 16.0. The zero-order valence-corrected chi connectivity index (χ0v) is 26.1. The van der Waals surface area contributed by atoms with Gasteiger partial charge in [-0.3, -0.25) is 4.90 Å². The number of carbonyl (C=O) groups is 2. The minimum atomic E-state index is -0.842. The summed E-state index contributed by atoms with van der Waals surface area (Å²) in [6.07, 6.45) is 6.69. The van der Waals surface area contributed by atoms with Crippen LogP contribution in [-0.2, 0) is 22.5 Å². The van der Waals surface area contributed by atoms with Crippen molar-refractivity contribution in [2.24, 2.45) is 0 Å². The standard InChI is InChI=1S/C36H44N4O4/c1-4-13-33-38-31-23-20-29(39(5-2)36(42)37-28-16-11-8-12-17-28)24-32(31)40(33)25-26-18-21-30(22-19-26)44-34(35(41)43-6-3)27-14-9-7-10-15-27/h7,9-10,14-15,18-24,28,34H,4-6,8,11-13,16-17,25H2,1-3H3,(H,37,42). The second-order valence-electron chi connectivity index (χ2n) is 11.4. The van der Waals surface area contributed by atoms with Crippen LogP contribution in [0.25, 0.3) is 11.0 Å². The molecule has 232 valence electrons. The number of rotatable bonds is 12. The Morgan fingerprint density at radius 2 is 1.73 bits per heavy atom. The number of hydrogen-bond acceptors (Lipinski definition) is 5. The number of aromatic nitrogens is 2. The van der Waals surface area contributed by atoms with Crippen LogP contribution in [0.15, 0.2) is 72.8 Å². The summed E-state index contributed by atoms with van der Waals surface area (Å²) in [5.74, 6) is 1.19. The zero-order chi connectivity index (χ0) is 30.9. The predicted octanol–water partition coefficient (Wildman–Crippen LogP) is 7.59. The summed E-state index contributed by atoms with van der Waals surface area (Å²) in [6.45, 7) is 7.44. The molecule has 1 fully saturated rings. The molecule has 3 aromatic carbocycles. The third kappa shape index (κ3) is 7.41. The highest BCUT2D eigenvalue weighted by Gasteiger charge is 2.24. The molecule has 0 saturated heterocycles. The van der Waals surface area contributed by atoms with Crippen molar-refractivity contribution in [2.75, 3.05) is 18.1 Å². The maximum Gasteiger partial charge on any atom is 0.352 e. The summed E-state index contributed by atoms with van der Waals surface area (Å²) in [6, 6.07) is 23.5. The molecule has 1 N–H and O–H groups in total. The highest BCUT2D eigenvalue weighted by Crippen LogP contribution is 2.28. The number of ether oxygens (including phenoxy) is 2. The molecule has 1 aliphatic carbocycles. The summed E-state index contributed by atoms with van der Waals surface area (Å²) < 4.78 is 13.7. The van der Waals surface area contributed by atoms with Crippen molar-refractivity contribution in [2.45, 2.75) is 84.4 Å². The number of esters is 1. The summed E-state index contributed by atoms with van der Waals surface area (Å²) in [5.41, 5.74) is 4.61. The predicted molar refractivity (Wildman–Crippen MR) is 174 cm³/mol. The van der Waals surface area contributed by atoms with E-state index in [1.165, 1.54) is 19.3 Å². The third-order valence-corrected chi connectivity index (χ3v) is 8.21. The van der Waals surface area contributed by atoms with Crippen molar-refractivity contribution in [1.29, 1.82) is 0 Å². The first-order chi connectivity index (χ1) is 21.5. The number of imidazole rings is 1. The van der Waals surface area contributed by atoms with Gasteiger partial charge in [-0.2, -0.15) is 0 Å². The number of fused-ring (bicyclic) bond motifs is 1. The van der Waals surface area contributed by atoms with E-state index in [2.05, 4.69) is 22.9 Å². The van der Waals surface area contributed by atoms with Gasteiger partial charge in [-0.15, -0.1) is 0 Å². The second-order valence-corrected chi connectivity index (χ2v) is 11.4. The van der Waals surface area contributed by atoms with Crippen LogP contribution in [0.5, 0.6) is 5.75 Å². The molecule has 1 unspecified atom stereocenters. The van der Waals surface area contributed by atoms with Gasteiger partial charge < -0.3 is 19.4 Å². The van der Waals surface area contributed by atoms with Gasteiger partial charge in [0.1, 0.15) is 11.6 Å². The number of nitrogens with zero attached hydrogens (tertiary/aromatic N) is 3. The van der Waals surface area contributed by atoms with Crippen LogP contribution in [0.1, 0.15) is 82.4 Å². The minimum absolute atomic E-state index is 0.0363. The molecule has 1 saturated carbocycles. The number of benzene rings is 3. The van der Waals surface area contributed by atoms with Crippen LogP contribution in [0.2, 0.25) is 0 Å². The molecule has 1 atom stereocenters. The Balaban J connectivity index is 1.37. The largest absolute Gasteiger partial charge is 0.474 e. The molecule has 0 spiro atoms. The molecule has 1 heterocycles. The van der Waals surface area contributed by atoms with Crippen molar-refractivity contribution in [1.82, 2.24) is 14.9 Å². The molecule has 0 aliphatic heterocycles. The molecule has 8 heteroatoms. The van der Waals surface area contributed by atoms with Crippen LogP contribution < -0.4 is 15.0 Å². The summed E-state index contributed by atoms with van der Waals surface area (Å²) in [4.78, 5) is 32.8. The molecular formula is C36H44N4O4. The number of urea groups is 1. The van der Waals surface area contributed by atoms with Gasteiger partial charge in [0.15, 0.2) is 0 Å². The van der Waals surface area contributed by atoms with Gasteiger partial charge >= 0.3 is 12.0 Å². The molecule has 4 aromatic rings. The number of aryl methyl sites for hydroxylation is 1. The fourth-order valence-corrected chi connectivity index (χ4v) is 5.95. The number of nitrogens with one attached hydrogen (secondary N) is 1. The Bertz CT molecular complexity index is 1530. The summed E-state index contributed by atoms with van der Waals surface area (Å²) in [5, 5.41) is 3.26. The van der Waals surface area contributed by atoms with E-state index in [0.29, 0.717) is 18.8 Å².